The van der Waals surface area contributed by atoms with Crippen LogP contribution in [0.15, 0.2) is 28.8 Å². The van der Waals surface area contributed by atoms with E-state index in [9.17, 15) is 0 Å². The van der Waals surface area contributed by atoms with Crippen molar-refractivity contribution >= 4 is 11.6 Å². The molecule has 1 aromatic heterocycles. The first-order valence-electron chi connectivity index (χ1n) is 5.50. The average Bonchev–Trinajstić information content (AvgIpc) is 3.00. The van der Waals surface area contributed by atoms with Crippen LogP contribution in [0.4, 0.5) is 0 Å². The van der Waals surface area contributed by atoms with Crippen LogP contribution in [-0.2, 0) is 4.74 Å². The maximum atomic E-state index is 5.82. The summed E-state index contributed by atoms with van der Waals surface area (Å²) in [7, 11) is 0. The fourth-order valence-corrected chi connectivity index (χ4v) is 1.97. The Morgan fingerprint density at radius 1 is 1.24 bits per heavy atom. The van der Waals surface area contributed by atoms with E-state index in [1.807, 2.05) is 12.1 Å². The van der Waals surface area contributed by atoms with E-state index in [2.05, 4.69) is 10.1 Å². The largest absolute Gasteiger partial charge is 0.381 e. The van der Waals surface area contributed by atoms with Gasteiger partial charge < -0.3 is 9.26 Å². The van der Waals surface area contributed by atoms with E-state index in [-0.39, 0.29) is 5.92 Å². The zero-order chi connectivity index (χ0) is 11.7. The van der Waals surface area contributed by atoms with Crippen LogP contribution in [0, 0.1) is 0 Å². The molecule has 5 heteroatoms. The normalized spacial score (nSPS) is 19.7. The summed E-state index contributed by atoms with van der Waals surface area (Å²) >= 11 is 5.82. The highest BCUT2D eigenvalue weighted by Crippen LogP contribution is 2.26. The van der Waals surface area contributed by atoms with E-state index in [4.69, 9.17) is 20.9 Å². The van der Waals surface area contributed by atoms with Crippen molar-refractivity contribution in [2.24, 2.45) is 0 Å². The lowest BCUT2D eigenvalue weighted by Crippen LogP contribution is -1.99. The quantitative estimate of drug-likeness (QED) is 0.822. The Balaban J connectivity index is 1.86. The Morgan fingerprint density at radius 3 is 2.76 bits per heavy atom. The van der Waals surface area contributed by atoms with Crippen LogP contribution in [-0.4, -0.2) is 23.4 Å². The van der Waals surface area contributed by atoms with Crippen molar-refractivity contribution in [3.8, 4) is 11.5 Å². The van der Waals surface area contributed by atoms with Gasteiger partial charge in [-0.1, -0.05) is 16.8 Å². The van der Waals surface area contributed by atoms with Crippen LogP contribution in [0.25, 0.3) is 11.5 Å². The first-order chi connectivity index (χ1) is 8.33. The molecule has 1 atom stereocenters. The molecule has 0 N–H and O–H groups in total. The van der Waals surface area contributed by atoms with Gasteiger partial charge >= 0.3 is 0 Å². The lowest BCUT2D eigenvalue weighted by atomic mass is 10.1. The van der Waals surface area contributed by atoms with Crippen LogP contribution >= 0.6 is 11.6 Å². The molecule has 1 aliphatic heterocycles. The predicted octanol–water partition coefficient (Wildman–Crippen LogP) is 2.89. The fourth-order valence-electron chi connectivity index (χ4n) is 1.85. The second kappa shape index (κ2) is 4.47. The van der Waals surface area contributed by atoms with E-state index in [1.165, 1.54) is 0 Å². The van der Waals surface area contributed by atoms with Crippen molar-refractivity contribution in [2.75, 3.05) is 13.2 Å². The number of hydrogen-bond donors (Lipinski definition) is 0. The third-order valence-electron chi connectivity index (χ3n) is 2.83. The topological polar surface area (TPSA) is 48.2 Å². The van der Waals surface area contributed by atoms with Gasteiger partial charge in [0.2, 0.25) is 0 Å². The monoisotopic (exact) mass is 250 g/mol. The minimum atomic E-state index is 0.264. The van der Waals surface area contributed by atoms with E-state index < -0.39 is 0 Å². The number of benzene rings is 1. The van der Waals surface area contributed by atoms with Gasteiger partial charge in [0.25, 0.3) is 5.89 Å². The summed E-state index contributed by atoms with van der Waals surface area (Å²) in [5.41, 5.74) is 0.882. The second-order valence-corrected chi connectivity index (χ2v) is 4.46. The molecule has 2 heterocycles. The summed E-state index contributed by atoms with van der Waals surface area (Å²) in [5.74, 6) is 1.52. The molecule has 3 rings (SSSR count). The third kappa shape index (κ3) is 2.18. The molecule has 0 bridgehead atoms. The summed E-state index contributed by atoms with van der Waals surface area (Å²) in [4.78, 5) is 4.39. The molecule has 1 unspecified atom stereocenters. The predicted molar refractivity (Wildman–Crippen MR) is 62.9 cm³/mol. The third-order valence-corrected chi connectivity index (χ3v) is 3.08. The molecule has 1 aromatic carbocycles. The fraction of sp³-hybridized carbons (Fsp3) is 0.333. The van der Waals surface area contributed by atoms with Crippen molar-refractivity contribution in [3.05, 3.63) is 35.1 Å². The number of halogens is 1. The number of aromatic nitrogens is 2. The lowest BCUT2D eigenvalue weighted by molar-refractivity contribution is 0.192. The Bertz CT molecular complexity index is 503. The molecule has 88 valence electrons. The van der Waals surface area contributed by atoms with Crippen LogP contribution < -0.4 is 0 Å². The molecule has 1 aliphatic rings. The number of ether oxygens (including phenoxy) is 1. The average molecular weight is 251 g/mol. The highest BCUT2D eigenvalue weighted by molar-refractivity contribution is 6.30. The van der Waals surface area contributed by atoms with Gasteiger partial charge in [0.15, 0.2) is 5.82 Å². The van der Waals surface area contributed by atoms with Crippen LogP contribution in [0.2, 0.25) is 5.02 Å². The molecule has 0 amide bonds. The summed E-state index contributed by atoms with van der Waals surface area (Å²) < 4.78 is 10.5. The van der Waals surface area contributed by atoms with E-state index in [0.29, 0.717) is 17.5 Å². The Kier molecular flexibility index (Phi) is 2.82. The lowest BCUT2D eigenvalue weighted by Gasteiger charge is -1.97. The van der Waals surface area contributed by atoms with Crippen LogP contribution in [0.3, 0.4) is 0 Å². The van der Waals surface area contributed by atoms with Crippen molar-refractivity contribution in [1.29, 1.82) is 0 Å². The Morgan fingerprint density at radius 2 is 2.06 bits per heavy atom. The summed E-state index contributed by atoms with van der Waals surface area (Å²) in [6.07, 6.45) is 0.958. The second-order valence-electron chi connectivity index (χ2n) is 4.03. The molecule has 2 aromatic rings. The van der Waals surface area contributed by atoms with Crippen molar-refractivity contribution in [2.45, 2.75) is 12.3 Å². The maximum absolute atomic E-state index is 5.82. The van der Waals surface area contributed by atoms with Crippen molar-refractivity contribution < 1.29 is 9.26 Å². The summed E-state index contributed by atoms with van der Waals surface area (Å²) in [5, 5.41) is 4.69. The summed E-state index contributed by atoms with van der Waals surface area (Å²) in [6.45, 7) is 1.45. The van der Waals surface area contributed by atoms with Gasteiger partial charge in [0.05, 0.1) is 6.61 Å². The van der Waals surface area contributed by atoms with Gasteiger partial charge in [-0.05, 0) is 30.7 Å². The molecule has 1 saturated heterocycles. The van der Waals surface area contributed by atoms with Crippen molar-refractivity contribution in [3.63, 3.8) is 0 Å². The standard InChI is InChI=1S/C12H11ClN2O2/c13-10-3-1-8(2-4-10)12-14-11(15-17-12)9-5-6-16-7-9/h1-4,9H,5-7H2. The first kappa shape index (κ1) is 10.7. The molecule has 0 saturated carbocycles. The first-order valence-corrected chi connectivity index (χ1v) is 5.88. The van der Waals surface area contributed by atoms with Gasteiger partial charge in [0, 0.05) is 23.1 Å². The zero-order valence-corrected chi connectivity index (χ0v) is 9.85. The van der Waals surface area contributed by atoms with Crippen LogP contribution in [0.1, 0.15) is 18.2 Å². The molecular weight excluding hydrogens is 240 g/mol. The molecule has 4 nitrogen and oxygen atoms in total. The minimum absolute atomic E-state index is 0.264. The van der Waals surface area contributed by atoms with Crippen molar-refractivity contribution in [1.82, 2.24) is 10.1 Å². The maximum Gasteiger partial charge on any atom is 0.257 e. The number of hydrogen-bond acceptors (Lipinski definition) is 4. The molecule has 0 aliphatic carbocycles. The van der Waals surface area contributed by atoms with Gasteiger partial charge in [-0.3, -0.25) is 0 Å². The van der Waals surface area contributed by atoms with Gasteiger partial charge in [-0.2, -0.15) is 4.98 Å². The van der Waals surface area contributed by atoms with Gasteiger partial charge in [-0.15, -0.1) is 0 Å². The molecule has 1 fully saturated rings. The number of rotatable bonds is 2. The Hall–Kier alpha value is -1.39. The number of nitrogens with zero attached hydrogens (tertiary/aromatic N) is 2. The van der Waals surface area contributed by atoms with Gasteiger partial charge in [-0.25, -0.2) is 0 Å². The highest BCUT2D eigenvalue weighted by Gasteiger charge is 2.23. The van der Waals surface area contributed by atoms with Crippen LogP contribution in [0.5, 0.6) is 0 Å². The van der Waals surface area contributed by atoms with E-state index >= 15 is 0 Å². The zero-order valence-electron chi connectivity index (χ0n) is 9.10. The molecule has 17 heavy (non-hydrogen) atoms. The Labute approximate surface area is 104 Å². The molecular formula is C12H11ClN2O2. The molecule has 0 spiro atoms. The van der Waals surface area contributed by atoms with E-state index in [1.54, 1.807) is 12.1 Å². The SMILES string of the molecule is Clc1ccc(-c2nc(C3CCOC3)no2)cc1. The smallest absolute Gasteiger partial charge is 0.257 e. The van der Waals surface area contributed by atoms with E-state index in [0.717, 1.165) is 24.4 Å². The highest BCUT2D eigenvalue weighted by atomic mass is 35.5. The van der Waals surface area contributed by atoms with Gasteiger partial charge in [0.1, 0.15) is 0 Å². The minimum Gasteiger partial charge on any atom is -0.381 e. The summed E-state index contributed by atoms with van der Waals surface area (Å²) in [6, 6.07) is 7.34. The molecule has 0 radical (unpaired) electrons.